The van der Waals surface area contributed by atoms with Crippen LogP contribution in [0.3, 0.4) is 0 Å². The summed E-state index contributed by atoms with van der Waals surface area (Å²) in [5.41, 5.74) is -0.945. The first-order valence-corrected chi connectivity index (χ1v) is 20.2. The van der Waals surface area contributed by atoms with Crippen molar-refractivity contribution < 1.29 is 41.2 Å². The molecule has 4 aliphatic rings. The van der Waals surface area contributed by atoms with Gasteiger partial charge in [-0.3, -0.25) is 23.9 Å². The molecule has 8 rings (SSSR count). The Balaban J connectivity index is 1.13. The van der Waals surface area contributed by atoms with Crippen molar-refractivity contribution in [1.29, 1.82) is 0 Å². The average molecular weight is 773 g/mol. The van der Waals surface area contributed by atoms with E-state index in [2.05, 4.69) is 20.5 Å². The van der Waals surface area contributed by atoms with Gasteiger partial charge < -0.3 is 24.8 Å². The fourth-order valence-corrected chi connectivity index (χ4v) is 9.06. The number of nitrogens with one attached hydrogen (secondary N) is 3. The Labute approximate surface area is 316 Å². The summed E-state index contributed by atoms with van der Waals surface area (Å²) < 4.78 is 54.1. The highest BCUT2D eigenvalue weighted by molar-refractivity contribution is 7.91. The number of carbonyl (C=O) groups excluding carboxylic acids is 4. The van der Waals surface area contributed by atoms with Crippen LogP contribution in [0.1, 0.15) is 74.0 Å². The van der Waals surface area contributed by atoms with Crippen LogP contribution < -0.4 is 20.1 Å². The number of aromatic nitrogens is 2. The number of allylic oxidation sites excluding steroid dienone is 1. The zero-order chi connectivity index (χ0) is 38.5. The minimum Gasteiger partial charge on any atom is -0.472 e. The largest absolute Gasteiger partial charge is 0.472 e. The standard InChI is InChI=1S/C39H41FN6O8S/c1-22-17-32(44-54-22)34(47)41-31-12-6-4-2-3-5-9-23-20-39(23,38(50)45-55(51,52)26-14-15-26)43-35(48)33-19-25(21-46(33)37(31)49)53-36-29-18-24(40)13-16-27(29)28-10-7-8-11-30(28)42-36/h5,7-11,13,16-18,23,25-26,31,33H,2-4,6,12,14-15,19-21H2,1H3,(H,41,47)(H,43,48)(H,45,50)/b9-5-/t23-,25-,31+,33+,39-/m1/s1. The number of benzene rings is 2. The lowest BCUT2D eigenvalue weighted by Crippen LogP contribution is -2.58. The predicted octanol–water partition coefficient (Wildman–Crippen LogP) is 3.97. The number of aryl methyl sites for hydroxylation is 1. The maximum Gasteiger partial charge on any atom is 0.274 e. The Kier molecular flexibility index (Phi) is 9.55. The van der Waals surface area contributed by atoms with E-state index in [9.17, 15) is 32.0 Å². The lowest BCUT2D eigenvalue weighted by Gasteiger charge is -2.29. The molecule has 0 unspecified atom stereocenters. The molecule has 2 aromatic carbocycles. The van der Waals surface area contributed by atoms with Crippen LogP contribution in [-0.2, 0) is 24.4 Å². The van der Waals surface area contributed by atoms with Gasteiger partial charge in [-0.1, -0.05) is 54.4 Å². The third kappa shape index (κ3) is 7.39. The SMILES string of the molecule is Cc1cc(C(=O)N[C@H]2CCCCC/C=C\[C@@H]3C[C@@]3(C(=O)NS(=O)(=O)C3CC3)NC(=O)[C@@H]3C[C@@H](Oc4nc5ccccc5c5ccc(F)cc45)CN3C2=O)no1. The number of sulfonamides is 1. The first kappa shape index (κ1) is 36.6. The van der Waals surface area contributed by atoms with Crippen molar-refractivity contribution >= 4 is 55.3 Å². The van der Waals surface area contributed by atoms with Crippen LogP contribution in [0.25, 0.3) is 21.7 Å². The summed E-state index contributed by atoms with van der Waals surface area (Å²) in [6.07, 6.45) is 7.00. The highest BCUT2D eigenvalue weighted by Crippen LogP contribution is 2.46. The van der Waals surface area contributed by atoms with E-state index in [1.54, 1.807) is 19.1 Å². The molecular formula is C39H41FN6O8S. The van der Waals surface area contributed by atoms with Crippen molar-refractivity contribution in [2.75, 3.05) is 6.54 Å². The lowest BCUT2D eigenvalue weighted by molar-refractivity contribution is -0.141. The molecule has 288 valence electrons. The van der Waals surface area contributed by atoms with Crippen LogP contribution in [0.2, 0.25) is 0 Å². The van der Waals surface area contributed by atoms with Crippen molar-refractivity contribution in [3.63, 3.8) is 0 Å². The van der Waals surface area contributed by atoms with Crippen LogP contribution in [0.15, 0.2) is 65.2 Å². The second-order valence-electron chi connectivity index (χ2n) is 15.0. The van der Waals surface area contributed by atoms with Crippen LogP contribution in [0.4, 0.5) is 4.39 Å². The third-order valence-electron chi connectivity index (χ3n) is 10.9. The number of hydrogen-bond acceptors (Lipinski definition) is 10. The van der Waals surface area contributed by atoms with E-state index in [0.717, 1.165) is 18.2 Å². The van der Waals surface area contributed by atoms with Gasteiger partial charge in [-0.2, -0.15) is 0 Å². The third-order valence-corrected chi connectivity index (χ3v) is 12.7. The molecule has 3 fully saturated rings. The molecule has 2 aliphatic heterocycles. The highest BCUT2D eigenvalue weighted by atomic mass is 32.2. The van der Waals surface area contributed by atoms with Gasteiger partial charge >= 0.3 is 0 Å². The number of rotatable bonds is 7. The molecule has 2 saturated carbocycles. The quantitative estimate of drug-likeness (QED) is 0.183. The molecule has 0 bridgehead atoms. The Morgan fingerprint density at radius 3 is 2.64 bits per heavy atom. The van der Waals surface area contributed by atoms with Gasteiger partial charge in [-0.15, -0.1) is 0 Å². The maximum atomic E-state index is 14.6. The van der Waals surface area contributed by atoms with E-state index in [4.69, 9.17) is 14.2 Å². The van der Waals surface area contributed by atoms with Crippen LogP contribution in [-0.4, -0.2) is 82.6 Å². The minimum absolute atomic E-state index is 0.00128. The molecule has 2 aromatic heterocycles. The van der Waals surface area contributed by atoms with Gasteiger partial charge in [-0.25, -0.2) is 17.8 Å². The Bertz CT molecular complexity index is 2340. The molecule has 4 aromatic rings. The number of fused-ring (bicyclic) bond motifs is 5. The number of ether oxygens (including phenoxy) is 1. The topological polar surface area (TPSA) is 190 Å². The van der Waals surface area contributed by atoms with Crippen molar-refractivity contribution in [2.45, 2.75) is 93.7 Å². The highest BCUT2D eigenvalue weighted by Gasteiger charge is 2.62. The van der Waals surface area contributed by atoms with Gasteiger partial charge in [0, 0.05) is 29.2 Å². The van der Waals surface area contributed by atoms with Crippen molar-refractivity contribution in [3.8, 4) is 5.88 Å². The molecule has 4 amide bonds. The van der Waals surface area contributed by atoms with E-state index in [1.807, 2.05) is 30.4 Å². The normalized spacial score (nSPS) is 26.6. The summed E-state index contributed by atoms with van der Waals surface area (Å²) in [4.78, 5) is 62.1. The van der Waals surface area contributed by atoms with Crippen LogP contribution >= 0.6 is 0 Å². The summed E-state index contributed by atoms with van der Waals surface area (Å²) in [5, 5.41) is 10.7. The molecule has 16 heteroatoms. The number of pyridine rings is 1. The summed E-state index contributed by atoms with van der Waals surface area (Å²) in [6.45, 7) is 1.54. The number of para-hydroxylation sites is 1. The fourth-order valence-electron chi connectivity index (χ4n) is 7.70. The molecule has 14 nitrogen and oxygen atoms in total. The van der Waals surface area contributed by atoms with Crippen LogP contribution in [0, 0.1) is 18.7 Å². The van der Waals surface area contributed by atoms with Gasteiger partial charge in [0.1, 0.15) is 35.3 Å². The average Bonchev–Trinajstić information content (AvgIpc) is 4.05. The van der Waals surface area contributed by atoms with E-state index in [1.165, 1.54) is 23.1 Å². The van der Waals surface area contributed by atoms with Gasteiger partial charge in [0.25, 0.3) is 11.8 Å². The van der Waals surface area contributed by atoms with Gasteiger partial charge in [0.15, 0.2) is 5.69 Å². The van der Waals surface area contributed by atoms with Gasteiger partial charge in [-0.05, 0) is 69.0 Å². The van der Waals surface area contributed by atoms with Crippen molar-refractivity contribution in [3.05, 3.63) is 78.0 Å². The van der Waals surface area contributed by atoms with Crippen molar-refractivity contribution in [2.24, 2.45) is 5.92 Å². The van der Waals surface area contributed by atoms with E-state index >= 15 is 0 Å². The molecule has 3 N–H and O–H groups in total. The Morgan fingerprint density at radius 1 is 1.04 bits per heavy atom. The Hall–Kier alpha value is -5.38. The number of hydrogen-bond donors (Lipinski definition) is 3. The van der Waals surface area contributed by atoms with Gasteiger partial charge in [0.05, 0.1) is 17.3 Å². The molecular weight excluding hydrogens is 732 g/mol. The number of nitrogens with zero attached hydrogens (tertiary/aromatic N) is 3. The maximum absolute atomic E-state index is 14.6. The second-order valence-corrected chi connectivity index (χ2v) is 16.9. The summed E-state index contributed by atoms with van der Waals surface area (Å²) >= 11 is 0. The lowest BCUT2D eigenvalue weighted by atomic mass is 10.0. The smallest absolute Gasteiger partial charge is 0.274 e. The molecule has 5 atom stereocenters. The first-order chi connectivity index (χ1) is 26.4. The molecule has 1 saturated heterocycles. The van der Waals surface area contributed by atoms with Crippen LogP contribution in [0.5, 0.6) is 5.88 Å². The number of amides is 4. The Morgan fingerprint density at radius 2 is 1.85 bits per heavy atom. The molecule has 0 spiro atoms. The zero-order valence-corrected chi connectivity index (χ0v) is 30.9. The summed E-state index contributed by atoms with van der Waals surface area (Å²) in [7, 11) is -3.92. The molecule has 4 heterocycles. The molecule has 55 heavy (non-hydrogen) atoms. The molecule has 0 radical (unpaired) electrons. The fraction of sp³-hybridized carbons (Fsp3) is 0.436. The van der Waals surface area contributed by atoms with Gasteiger partial charge in [0.2, 0.25) is 27.7 Å². The second kappa shape index (κ2) is 14.4. The van der Waals surface area contributed by atoms with E-state index in [-0.39, 0.29) is 37.4 Å². The molecule has 2 aliphatic carbocycles. The van der Waals surface area contributed by atoms with Crippen molar-refractivity contribution in [1.82, 2.24) is 30.4 Å². The number of halogens is 1. The summed E-state index contributed by atoms with van der Waals surface area (Å²) in [6, 6.07) is 10.9. The number of carbonyl (C=O) groups is 4. The first-order valence-electron chi connectivity index (χ1n) is 18.7. The monoisotopic (exact) mass is 772 g/mol. The predicted molar refractivity (Wildman–Crippen MR) is 198 cm³/mol. The minimum atomic E-state index is -3.92. The zero-order valence-electron chi connectivity index (χ0n) is 30.1. The summed E-state index contributed by atoms with van der Waals surface area (Å²) in [5.74, 6) is -3.09. The van der Waals surface area contributed by atoms with E-state index in [0.29, 0.717) is 47.7 Å². The van der Waals surface area contributed by atoms with E-state index < -0.39 is 74.4 Å².